The lowest BCUT2D eigenvalue weighted by Crippen LogP contribution is -2.39. The van der Waals surface area contributed by atoms with Gasteiger partial charge in [-0.15, -0.1) is 4.98 Å². The molecular formula is C9H15N5O3. The van der Waals surface area contributed by atoms with E-state index in [1.807, 2.05) is 13.8 Å². The molecule has 1 aliphatic heterocycles. The maximum atomic E-state index is 5.45. The SMILES string of the molecule is CC(C)Oc1nc(NN)nc(OC2COC2)n1. The van der Waals surface area contributed by atoms with Crippen LogP contribution in [-0.4, -0.2) is 40.4 Å². The molecule has 0 bridgehead atoms. The molecular weight excluding hydrogens is 226 g/mol. The Morgan fingerprint density at radius 1 is 1.29 bits per heavy atom. The maximum absolute atomic E-state index is 5.45. The van der Waals surface area contributed by atoms with Gasteiger partial charge in [-0.2, -0.15) is 9.97 Å². The number of nitrogen functional groups attached to an aromatic ring is 1. The highest BCUT2D eigenvalue weighted by molar-refractivity contribution is 5.25. The zero-order valence-electron chi connectivity index (χ0n) is 9.71. The standard InChI is InChI=1S/C9H15N5O3/c1-5(2)16-8-11-7(14-10)12-9(13-8)17-6-3-15-4-6/h5-6H,3-4,10H2,1-2H3,(H,11,12,13,14). The van der Waals surface area contributed by atoms with Crippen LogP contribution in [0, 0.1) is 0 Å². The molecule has 0 radical (unpaired) electrons. The summed E-state index contributed by atoms with van der Waals surface area (Å²) in [6.45, 7) is 4.83. The lowest BCUT2D eigenvalue weighted by atomic mass is 10.3. The van der Waals surface area contributed by atoms with Crippen LogP contribution in [-0.2, 0) is 4.74 Å². The topological polar surface area (TPSA) is 104 Å². The Morgan fingerprint density at radius 2 is 2.00 bits per heavy atom. The van der Waals surface area contributed by atoms with E-state index >= 15 is 0 Å². The highest BCUT2D eigenvalue weighted by Crippen LogP contribution is 2.16. The lowest BCUT2D eigenvalue weighted by Gasteiger charge is -2.25. The van der Waals surface area contributed by atoms with Gasteiger partial charge in [-0.1, -0.05) is 0 Å². The summed E-state index contributed by atoms with van der Waals surface area (Å²) in [4.78, 5) is 11.9. The first-order chi connectivity index (χ1) is 8.17. The van der Waals surface area contributed by atoms with Crippen LogP contribution < -0.4 is 20.7 Å². The molecule has 0 unspecified atom stereocenters. The third kappa shape index (κ3) is 3.14. The molecule has 1 fully saturated rings. The summed E-state index contributed by atoms with van der Waals surface area (Å²) in [5.41, 5.74) is 2.34. The number of anilines is 1. The quantitative estimate of drug-likeness (QED) is 0.536. The van der Waals surface area contributed by atoms with Crippen molar-refractivity contribution in [2.45, 2.75) is 26.1 Å². The summed E-state index contributed by atoms with van der Waals surface area (Å²) in [5.74, 6) is 5.46. The zero-order valence-corrected chi connectivity index (χ0v) is 9.71. The third-order valence-corrected chi connectivity index (χ3v) is 1.94. The number of aromatic nitrogens is 3. The van der Waals surface area contributed by atoms with E-state index in [4.69, 9.17) is 20.1 Å². The Kier molecular flexibility index (Phi) is 3.55. The molecule has 1 aromatic heterocycles. The molecule has 3 N–H and O–H groups in total. The molecule has 2 heterocycles. The molecule has 0 amide bonds. The fourth-order valence-corrected chi connectivity index (χ4v) is 1.15. The minimum atomic E-state index is -0.0390. The van der Waals surface area contributed by atoms with Gasteiger partial charge in [0.05, 0.1) is 19.3 Å². The van der Waals surface area contributed by atoms with Gasteiger partial charge in [-0.3, -0.25) is 5.43 Å². The Bertz CT molecular complexity index is 383. The van der Waals surface area contributed by atoms with Crippen LogP contribution in [0.15, 0.2) is 0 Å². The van der Waals surface area contributed by atoms with Crippen LogP contribution >= 0.6 is 0 Å². The van der Waals surface area contributed by atoms with E-state index in [1.165, 1.54) is 0 Å². The number of ether oxygens (including phenoxy) is 3. The molecule has 17 heavy (non-hydrogen) atoms. The van der Waals surface area contributed by atoms with E-state index < -0.39 is 0 Å². The van der Waals surface area contributed by atoms with Crippen molar-refractivity contribution in [3.8, 4) is 12.0 Å². The number of hydrogen-bond acceptors (Lipinski definition) is 8. The smallest absolute Gasteiger partial charge is 0.324 e. The van der Waals surface area contributed by atoms with Gasteiger partial charge in [0, 0.05) is 0 Å². The molecule has 94 valence electrons. The van der Waals surface area contributed by atoms with Gasteiger partial charge in [0.1, 0.15) is 6.10 Å². The average molecular weight is 241 g/mol. The number of hydrogen-bond donors (Lipinski definition) is 2. The molecule has 8 heteroatoms. The van der Waals surface area contributed by atoms with Gasteiger partial charge in [0.2, 0.25) is 5.95 Å². The predicted molar refractivity (Wildman–Crippen MR) is 58.6 cm³/mol. The van der Waals surface area contributed by atoms with Gasteiger partial charge in [-0.25, -0.2) is 5.84 Å². The van der Waals surface area contributed by atoms with Crippen molar-refractivity contribution in [1.82, 2.24) is 15.0 Å². The van der Waals surface area contributed by atoms with Crippen molar-refractivity contribution in [3.63, 3.8) is 0 Å². The van der Waals surface area contributed by atoms with Crippen molar-refractivity contribution in [2.24, 2.45) is 5.84 Å². The normalized spacial score (nSPS) is 15.5. The molecule has 1 aliphatic rings. The second kappa shape index (κ2) is 5.11. The van der Waals surface area contributed by atoms with Crippen LogP contribution in [0.1, 0.15) is 13.8 Å². The molecule has 0 spiro atoms. The Hall–Kier alpha value is -1.67. The Labute approximate surface area is 98.5 Å². The molecule has 0 aromatic carbocycles. The Morgan fingerprint density at radius 3 is 2.53 bits per heavy atom. The molecule has 0 aliphatic carbocycles. The monoisotopic (exact) mass is 241 g/mol. The first-order valence-electron chi connectivity index (χ1n) is 5.31. The van der Waals surface area contributed by atoms with E-state index in [0.29, 0.717) is 13.2 Å². The zero-order chi connectivity index (χ0) is 12.3. The summed E-state index contributed by atoms with van der Waals surface area (Å²) in [7, 11) is 0. The van der Waals surface area contributed by atoms with E-state index in [1.54, 1.807) is 0 Å². The fraction of sp³-hybridized carbons (Fsp3) is 0.667. The van der Waals surface area contributed by atoms with Crippen molar-refractivity contribution < 1.29 is 14.2 Å². The van der Waals surface area contributed by atoms with E-state index in [-0.39, 0.29) is 30.2 Å². The summed E-state index contributed by atoms with van der Waals surface area (Å²) in [6, 6.07) is 0.357. The second-order valence-electron chi connectivity index (χ2n) is 3.81. The van der Waals surface area contributed by atoms with Crippen LogP contribution in [0.4, 0.5) is 5.95 Å². The molecule has 0 saturated carbocycles. The van der Waals surface area contributed by atoms with Gasteiger partial charge in [0.15, 0.2) is 0 Å². The fourth-order valence-electron chi connectivity index (χ4n) is 1.15. The van der Waals surface area contributed by atoms with Crippen LogP contribution in [0.2, 0.25) is 0 Å². The van der Waals surface area contributed by atoms with E-state index in [9.17, 15) is 0 Å². The van der Waals surface area contributed by atoms with Crippen LogP contribution in [0.3, 0.4) is 0 Å². The van der Waals surface area contributed by atoms with Gasteiger partial charge >= 0.3 is 12.0 Å². The minimum absolute atomic E-state index is 0.0186. The maximum Gasteiger partial charge on any atom is 0.324 e. The number of nitrogens with zero attached hydrogens (tertiary/aromatic N) is 3. The van der Waals surface area contributed by atoms with Gasteiger partial charge in [-0.05, 0) is 13.8 Å². The number of rotatable bonds is 5. The Balaban J connectivity index is 2.12. The van der Waals surface area contributed by atoms with E-state index in [2.05, 4.69) is 20.4 Å². The summed E-state index contributed by atoms with van der Waals surface area (Å²) >= 11 is 0. The summed E-state index contributed by atoms with van der Waals surface area (Å²) < 4.78 is 15.8. The number of nitrogens with one attached hydrogen (secondary N) is 1. The minimum Gasteiger partial charge on any atom is -0.461 e. The molecule has 1 aromatic rings. The van der Waals surface area contributed by atoms with Gasteiger partial charge in [0.25, 0.3) is 0 Å². The van der Waals surface area contributed by atoms with E-state index in [0.717, 1.165) is 0 Å². The second-order valence-corrected chi connectivity index (χ2v) is 3.81. The molecule has 2 rings (SSSR count). The first kappa shape index (κ1) is 11.8. The highest BCUT2D eigenvalue weighted by Gasteiger charge is 2.22. The van der Waals surface area contributed by atoms with Crippen molar-refractivity contribution >= 4 is 5.95 Å². The van der Waals surface area contributed by atoms with Crippen LogP contribution in [0.5, 0.6) is 12.0 Å². The highest BCUT2D eigenvalue weighted by atomic mass is 16.6. The molecule has 1 saturated heterocycles. The lowest BCUT2D eigenvalue weighted by molar-refractivity contribution is -0.0833. The van der Waals surface area contributed by atoms with Gasteiger partial charge < -0.3 is 14.2 Å². The van der Waals surface area contributed by atoms with Crippen molar-refractivity contribution in [2.75, 3.05) is 18.6 Å². The predicted octanol–water partition coefficient (Wildman–Crippen LogP) is -0.278. The summed E-state index contributed by atoms with van der Waals surface area (Å²) in [6.07, 6.45) is -0.0576. The molecule has 8 nitrogen and oxygen atoms in total. The average Bonchev–Trinajstić information content (AvgIpc) is 2.22. The third-order valence-electron chi connectivity index (χ3n) is 1.94. The summed E-state index contributed by atoms with van der Waals surface area (Å²) in [5, 5.41) is 0. The number of hydrazine groups is 1. The van der Waals surface area contributed by atoms with Crippen LogP contribution in [0.25, 0.3) is 0 Å². The largest absolute Gasteiger partial charge is 0.461 e. The van der Waals surface area contributed by atoms with Crippen molar-refractivity contribution in [3.05, 3.63) is 0 Å². The first-order valence-corrected chi connectivity index (χ1v) is 5.31. The molecule has 0 atom stereocenters. The number of nitrogens with two attached hydrogens (primary N) is 1. The van der Waals surface area contributed by atoms with Crippen molar-refractivity contribution in [1.29, 1.82) is 0 Å².